The fourth-order valence-corrected chi connectivity index (χ4v) is 4.69. The van der Waals surface area contributed by atoms with Crippen LogP contribution in [0.25, 0.3) is 0 Å². The van der Waals surface area contributed by atoms with Gasteiger partial charge in [0.2, 0.25) is 11.8 Å². The summed E-state index contributed by atoms with van der Waals surface area (Å²) in [7, 11) is 0. The third-order valence-corrected chi connectivity index (χ3v) is 6.23. The largest absolute Gasteiger partial charge is 0.383 e. The highest BCUT2D eigenvalue weighted by molar-refractivity contribution is 8.00. The molecule has 7 nitrogen and oxygen atoms in total. The fraction of sp³-hybridized carbons (Fsp3) is 0.286. The maximum atomic E-state index is 13.0. The number of amides is 2. The second-order valence-corrected chi connectivity index (χ2v) is 8.37. The normalized spacial score (nSPS) is 18.6. The number of nitrogens with zero attached hydrogens (tertiary/aromatic N) is 4. The molecule has 2 N–H and O–H groups in total. The van der Waals surface area contributed by atoms with Gasteiger partial charge in [0, 0.05) is 6.42 Å². The van der Waals surface area contributed by atoms with Crippen LogP contribution in [0.4, 0.5) is 11.5 Å². The van der Waals surface area contributed by atoms with E-state index in [1.54, 1.807) is 18.2 Å². The van der Waals surface area contributed by atoms with Crippen molar-refractivity contribution in [2.24, 2.45) is 0 Å². The minimum atomic E-state index is -0.693. The van der Waals surface area contributed by atoms with E-state index in [0.717, 1.165) is 30.2 Å². The molecule has 1 unspecified atom stereocenters. The molecule has 1 aliphatic heterocycles. The molecule has 2 heterocycles. The summed E-state index contributed by atoms with van der Waals surface area (Å²) in [6.07, 6.45) is 1.79. The zero-order valence-electron chi connectivity index (χ0n) is 15.7. The summed E-state index contributed by atoms with van der Waals surface area (Å²) in [6.45, 7) is 1.89. The monoisotopic (exact) mass is 403 g/mol. The molecule has 2 fully saturated rings. The van der Waals surface area contributed by atoms with Crippen LogP contribution in [0.1, 0.15) is 47.4 Å². The Bertz CT molecular complexity index is 1130. The predicted octanol–water partition coefficient (Wildman–Crippen LogP) is 3.02. The average molecular weight is 403 g/mol. The molecule has 2 aliphatic rings. The summed E-state index contributed by atoms with van der Waals surface area (Å²) in [5, 5.41) is 18.8. The van der Waals surface area contributed by atoms with Gasteiger partial charge in [-0.2, -0.15) is 10.5 Å². The van der Waals surface area contributed by atoms with E-state index in [4.69, 9.17) is 5.73 Å². The van der Waals surface area contributed by atoms with Gasteiger partial charge in [0.1, 0.15) is 23.0 Å². The van der Waals surface area contributed by atoms with Gasteiger partial charge in [-0.05, 0) is 48.9 Å². The molecule has 1 aromatic heterocycles. The Morgan fingerprint density at radius 3 is 2.55 bits per heavy atom. The van der Waals surface area contributed by atoms with Crippen LogP contribution in [-0.2, 0) is 9.59 Å². The smallest absolute Gasteiger partial charge is 0.247 e. The Morgan fingerprint density at radius 1 is 1.21 bits per heavy atom. The number of nitrogen functional groups attached to an aromatic ring is 1. The summed E-state index contributed by atoms with van der Waals surface area (Å²) in [5.41, 5.74) is 8.61. The summed E-state index contributed by atoms with van der Waals surface area (Å²) >= 11 is 1.07. The van der Waals surface area contributed by atoms with Crippen molar-refractivity contribution in [3.8, 4) is 12.1 Å². The van der Waals surface area contributed by atoms with Gasteiger partial charge in [-0.1, -0.05) is 23.9 Å². The maximum absolute atomic E-state index is 13.0. The van der Waals surface area contributed by atoms with E-state index < -0.39 is 5.25 Å². The van der Waals surface area contributed by atoms with Crippen LogP contribution in [0.5, 0.6) is 0 Å². The van der Waals surface area contributed by atoms with Gasteiger partial charge >= 0.3 is 0 Å². The highest BCUT2D eigenvalue weighted by Crippen LogP contribution is 2.46. The summed E-state index contributed by atoms with van der Waals surface area (Å²) < 4.78 is 0. The molecule has 2 amide bonds. The summed E-state index contributed by atoms with van der Waals surface area (Å²) in [4.78, 5) is 30.9. The molecule has 0 spiro atoms. The Hall–Kier alpha value is -3.36. The van der Waals surface area contributed by atoms with Gasteiger partial charge < -0.3 is 5.73 Å². The number of imide groups is 1. The number of carbonyl (C=O) groups excluding carboxylic acids is 2. The number of benzene rings is 1. The minimum absolute atomic E-state index is 0.0165. The van der Waals surface area contributed by atoms with Crippen molar-refractivity contribution in [2.75, 3.05) is 10.6 Å². The van der Waals surface area contributed by atoms with Crippen molar-refractivity contribution >= 4 is 35.1 Å². The van der Waals surface area contributed by atoms with Crippen molar-refractivity contribution in [1.82, 2.24) is 4.98 Å². The molecule has 4 rings (SSSR count). The lowest BCUT2D eigenvalue weighted by Gasteiger charge is -2.16. The lowest BCUT2D eigenvalue weighted by Crippen LogP contribution is -2.31. The second-order valence-electron chi connectivity index (χ2n) is 7.18. The van der Waals surface area contributed by atoms with E-state index in [1.807, 2.05) is 13.0 Å². The van der Waals surface area contributed by atoms with Gasteiger partial charge in [-0.25, -0.2) is 9.88 Å². The molecule has 144 valence electrons. The van der Waals surface area contributed by atoms with Crippen LogP contribution in [0, 0.1) is 29.6 Å². The van der Waals surface area contributed by atoms with Crippen molar-refractivity contribution in [3.05, 3.63) is 46.5 Å². The van der Waals surface area contributed by atoms with Crippen LogP contribution in [0.2, 0.25) is 0 Å². The molecular weight excluding hydrogens is 386 g/mol. The van der Waals surface area contributed by atoms with Gasteiger partial charge in [0.05, 0.1) is 22.1 Å². The molecule has 2 aromatic rings. The number of aromatic nitrogens is 1. The zero-order valence-corrected chi connectivity index (χ0v) is 16.5. The first-order valence-electron chi connectivity index (χ1n) is 9.18. The zero-order chi connectivity index (χ0) is 20.7. The Labute approximate surface area is 172 Å². The van der Waals surface area contributed by atoms with Crippen molar-refractivity contribution in [2.45, 2.75) is 42.4 Å². The quantitative estimate of drug-likeness (QED) is 0.778. The first kappa shape index (κ1) is 19.0. The first-order valence-corrected chi connectivity index (χ1v) is 10.1. The number of hydrogen-bond donors (Lipinski definition) is 1. The van der Waals surface area contributed by atoms with Gasteiger partial charge in [-0.15, -0.1) is 0 Å². The second kappa shape index (κ2) is 7.23. The van der Waals surface area contributed by atoms with Crippen LogP contribution in [0.3, 0.4) is 0 Å². The molecule has 0 radical (unpaired) electrons. The molecule has 1 aliphatic carbocycles. The molecule has 29 heavy (non-hydrogen) atoms. The number of aryl methyl sites for hydroxylation is 1. The topological polar surface area (TPSA) is 124 Å². The Balaban J connectivity index is 1.69. The van der Waals surface area contributed by atoms with E-state index in [9.17, 15) is 20.1 Å². The fourth-order valence-electron chi connectivity index (χ4n) is 3.56. The molecular formula is C21H17N5O2S. The predicted molar refractivity (Wildman–Crippen MR) is 108 cm³/mol. The van der Waals surface area contributed by atoms with Crippen LogP contribution in [-0.4, -0.2) is 22.0 Å². The van der Waals surface area contributed by atoms with E-state index in [-0.39, 0.29) is 41.1 Å². The van der Waals surface area contributed by atoms with Crippen LogP contribution < -0.4 is 10.6 Å². The van der Waals surface area contributed by atoms with Crippen LogP contribution in [0.15, 0.2) is 29.3 Å². The molecule has 8 heteroatoms. The van der Waals surface area contributed by atoms with Crippen molar-refractivity contribution in [3.63, 3.8) is 0 Å². The van der Waals surface area contributed by atoms with Gasteiger partial charge in [0.25, 0.3) is 0 Å². The Kier molecular flexibility index (Phi) is 4.73. The lowest BCUT2D eigenvalue weighted by molar-refractivity contribution is -0.121. The van der Waals surface area contributed by atoms with Crippen LogP contribution >= 0.6 is 11.8 Å². The van der Waals surface area contributed by atoms with Gasteiger partial charge in [-0.3, -0.25) is 9.59 Å². The third kappa shape index (κ3) is 3.32. The summed E-state index contributed by atoms with van der Waals surface area (Å²) in [5.74, 6) is -0.454. The average Bonchev–Trinajstić information content (AvgIpc) is 3.48. The number of nitriles is 2. The number of anilines is 2. The van der Waals surface area contributed by atoms with E-state index in [0.29, 0.717) is 16.3 Å². The van der Waals surface area contributed by atoms with Gasteiger partial charge in [0.15, 0.2) is 0 Å². The number of carbonyl (C=O) groups is 2. The van der Waals surface area contributed by atoms with Crippen molar-refractivity contribution < 1.29 is 9.59 Å². The third-order valence-electron chi connectivity index (χ3n) is 5.06. The summed E-state index contributed by atoms with van der Waals surface area (Å²) in [6, 6.07) is 11.4. The number of hydrogen-bond acceptors (Lipinski definition) is 7. The number of nitrogens with two attached hydrogens (primary N) is 1. The standard InChI is InChI=1S/C21H17N5O2S/c1-11-3-2-4-13(7-11)26-17(27)8-16(21(26)28)29-20-15(10-23)18(12-5-6-12)14(9-22)19(24)25-20/h2-4,7,12,16H,5-6,8H2,1H3,(H2,24,25). The lowest BCUT2D eigenvalue weighted by atomic mass is 10.0. The molecule has 0 bridgehead atoms. The molecule has 1 saturated carbocycles. The van der Waals surface area contributed by atoms with E-state index in [1.165, 1.54) is 4.90 Å². The van der Waals surface area contributed by atoms with E-state index in [2.05, 4.69) is 17.1 Å². The molecule has 1 saturated heterocycles. The van der Waals surface area contributed by atoms with Crippen molar-refractivity contribution in [1.29, 1.82) is 10.5 Å². The number of thioether (sulfide) groups is 1. The SMILES string of the molecule is Cc1cccc(N2C(=O)CC(Sc3nc(N)c(C#N)c(C4CC4)c3C#N)C2=O)c1. The maximum Gasteiger partial charge on any atom is 0.247 e. The highest BCUT2D eigenvalue weighted by Gasteiger charge is 2.41. The number of rotatable bonds is 4. The molecule has 1 aromatic carbocycles. The Morgan fingerprint density at radius 2 is 1.93 bits per heavy atom. The minimum Gasteiger partial charge on any atom is -0.383 e. The molecule has 1 atom stereocenters. The van der Waals surface area contributed by atoms with E-state index >= 15 is 0 Å². The highest BCUT2D eigenvalue weighted by atomic mass is 32.2. The first-order chi connectivity index (χ1) is 13.9. The number of pyridine rings is 1.